The number of amides is 1. The van der Waals surface area contributed by atoms with Gasteiger partial charge in [-0.3, -0.25) is 9.10 Å². The molecule has 9 nitrogen and oxygen atoms in total. The fraction of sp³-hybridized carbons (Fsp3) is 0.259. The Hall–Kier alpha value is -4.05. The average molecular weight is 527 g/mol. The summed E-state index contributed by atoms with van der Waals surface area (Å²) in [6, 6.07) is 15.8. The van der Waals surface area contributed by atoms with Gasteiger partial charge in [-0.25, -0.2) is 13.2 Å². The van der Waals surface area contributed by atoms with E-state index in [-0.39, 0.29) is 22.9 Å². The molecule has 37 heavy (non-hydrogen) atoms. The van der Waals surface area contributed by atoms with Crippen molar-refractivity contribution in [2.75, 3.05) is 37.0 Å². The topological polar surface area (TPSA) is 111 Å². The quantitative estimate of drug-likeness (QED) is 0.392. The van der Waals surface area contributed by atoms with Gasteiger partial charge in [0.25, 0.3) is 10.0 Å². The summed E-state index contributed by atoms with van der Waals surface area (Å²) in [6.45, 7) is 4.87. The van der Waals surface area contributed by atoms with Gasteiger partial charge in [0.15, 0.2) is 0 Å². The van der Waals surface area contributed by atoms with Crippen LogP contribution in [0.15, 0.2) is 65.6 Å². The molecular formula is C27H30N2O7S. The van der Waals surface area contributed by atoms with E-state index < -0.39 is 28.4 Å². The highest BCUT2D eigenvalue weighted by Gasteiger charge is 2.30. The Bertz CT molecular complexity index is 1390. The Morgan fingerprint density at radius 1 is 0.946 bits per heavy atom. The van der Waals surface area contributed by atoms with Gasteiger partial charge in [-0.1, -0.05) is 23.8 Å². The summed E-state index contributed by atoms with van der Waals surface area (Å²) in [7, 11) is -1.33. The van der Waals surface area contributed by atoms with Crippen molar-refractivity contribution in [3.05, 3.63) is 77.4 Å². The number of hydrogen-bond donors (Lipinski definition) is 1. The SMILES string of the molecule is CCOC(=O)c1cccc(NC(=O)CN(c2cc(OC)ccc2OC)S(=O)(=O)c2ccc(C)cc2)c1C. The molecule has 0 saturated heterocycles. The number of nitrogens with one attached hydrogen (secondary N) is 1. The summed E-state index contributed by atoms with van der Waals surface area (Å²) < 4.78 is 44.3. The molecule has 0 saturated carbocycles. The van der Waals surface area contributed by atoms with Gasteiger partial charge in [0.1, 0.15) is 18.0 Å². The van der Waals surface area contributed by atoms with Crippen LogP contribution in [0, 0.1) is 13.8 Å². The standard InChI is InChI=1S/C27H30N2O7S/c1-6-36-27(31)22-8-7-9-23(19(22)3)28-26(30)17-29(24-16-20(34-4)12-15-25(24)35-5)37(32,33)21-13-10-18(2)11-14-21/h7-16H,6,17H2,1-5H3,(H,28,30). The summed E-state index contributed by atoms with van der Waals surface area (Å²) in [4.78, 5) is 25.5. The van der Waals surface area contributed by atoms with Crippen molar-refractivity contribution >= 4 is 33.3 Å². The van der Waals surface area contributed by atoms with Crippen molar-refractivity contribution in [2.24, 2.45) is 0 Å². The van der Waals surface area contributed by atoms with Crippen LogP contribution in [0.5, 0.6) is 11.5 Å². The van der Waals surface area contributed by atoms with Gasteiger partial charge < -0.3 is 19.5 Å². The molecule has 196 valence electrons. The minimum atomic E-state index is -4.19. The molecule has 0 bridgehead atoms. The third-order valence-electron chi connectivity index (χ3n) is 5.65. The van der Waals surface area contributed by atoms with Gasteiger partial charge in [0.05, 0.1) is 37.0 Å². The number of carbonyl (C=O) groups excluding carboxylic acids is 2. The first-order chi connectivity index (χ1) is 17.6. The summed E-state index contributed by atoms with van der Waals surface area (Å²) >= 11 is 0. The molecule has 3 rings (SSSR count). The molecule has 0 aromatic heterocycles. The zero-order chi connectivity index (χ0) is 27.2. The van der Waals surface area contributed by atoms with E-state index in [1.807, 2.05) is 6.92 Å². The Balaban J connectivity index is 2.03. The number of sulfonamides is 1. The normalized spacial score (nSPS) is 10.9. The molecule has 1 amide bonds. The van der Waals surface area contributed by atoms with Gasteiger partial charge in [0.2, 0.25) is 5.91 Å². The van der Waals surface area contributed by atoms with E-state index in [0.29, 0.717) is 22.6 Å². The zero-order valence-electron chi connectivity index (χ0n) is 21.4. The Kier molecular flexibility index (Phi) is 8.77. The Morgan fingerprint density at radius 2 is 1.65 bits per heavy atom. The molecule has 0 unspecified atom stereocenters. The minimum absolute atomic E-state index is 0.0104. The molecule has 0 aliphatic rings. The Morgan fingerprint density at radius 3 is 2.27 bits per heavy atom. The number of aryl methyl sites for hydroxylation is 1. The van der Waals surface area contributed by atoms with Crippen LogP contribution >= 0.6 is 0 Å². The first-order valence-electron chi connectivity index (χ1n) is 11.5. The molecule has 1 N–H and O–H groups in total. The van der Waals surface area contributed by atoms with E-state index in [1.54, 1.807) is 56.3 Å². The first-order valence-corrected chi connectivity index (χ1v) is 12.9. The third-order valence-corrected chi connectivity index (χ3v) is 7.43. The molecule has 0 heterocycles. The molecule has 0 radical (unpaired) electrons. The molecule has 3 aromatic carbocycles. The Labute approximate surface area is 217 Å². The van der Waals surface area contributed by atoms with Gasteiger partial charge in [-0.2, -0.15) is 0 Å². The fourth-order valence-corrected chi connectivity index (χ4v) is 5.07. The van der Waals surface area contributed by atoms with Crippen molar-refractivity contribution in [1.29, 1.82) is 0 Å². The van der Waals surface area contributed by atoms with Crippen LogP contribution in [0.2, 0.25) is 0 Å². The molecular weight excluding hydrogens is 496 g/mol. The summed E-state index contributed by atoms with van der Waals surface area (Å²) in [5.74, 6) is -0.506. The van der Waals surface area contributed by atoms with Gasteiger partial charge in [0, 0.05) is 11.8 Å². The van der Waals surface area contributed by atoms with Gasteiger partial charge in [-0.15, -0.1) is 0 Å². The first kappa shape index (κ1) is 27.5. The maximum Gasteiger partial charge on any atom is 0.338 e. The molecule has 0 aliphatic carbocycles. The summed E-state index contributed by atoms with van der Waals surface area (Å²) in [6.07, 6.45) is 0. The van der Waals surface area contributed by atoms with Gasteiger partial charge >= 0.3 is 5.97 Å². The van der Waals surface area contributed by atoms with Crippen molar-refractivity contribution < 1.29 is 32.2 Å². The minimum Gasteiger partial charge on any atom is -0.497 e. The fourth-order valence-electron chi connectivity index (χ4n) is 3.65. The zero-order valence-corrected chi connectivity index (χ0v) is 22.2. The van der Waals surface area contributed by atoms with Crippen molar-refractivity contribution in [1.82, 2.24) is 0 Å². The van der Waals surface area contributed by atoms with Crippen LogP contribution in [0.4, 0.5) is 11.4 Å². The highest BCUT2D eigenvalue weighted by molar-refractivity contribution is 7.92. The largest absolute Gasteiger partial charge is 0.497 e. The van der Waals surface area contributed by atoms with E-state index in [4.69, 9.17) is 14.2 Å². The van der Waals surface area contributed by atoms with Crippen molar-refractivity contribution in [3.63, 3.8) is 0 Å². The monoisotopic (exact) mass is 526 g/mol. The molecule has 0 spiro atoms. The third kappa shape index (κ3) is 6.21. The number of ether oxygens (including phenoxy) is 3. The highest BCUT2D eigenvalue weighted by atomic mass is 32.2. The number of methoxy groups -OCH3 is 2. The average Bonchev–Trinajstić information content (AvgIpc) is 2.88. The predicted octanol–water partition coefficient (Wildman–Crippen LogP) is 4.33. The van der Waals surface area contributed by atoms with E-state index in [1.165, 1.54) is 32.4 Å². The molecule has 0 atom stereocenters. The van der Waals surface area contributed by atoms with Crippen LogP contribution in [-0.2, 0) is 19.6 Å². The van der Waals surface area contributed by atoms with Crippen LogP contribution in [0.3, 0.4) is 0 Å². The van der Waals surface area contributed by atoms with Crippen molar-refractivity contribution in [2.45, 2.75) is 25.7 Å². The highest BCUT2D eigenvalue weighted by Crippen LogP contribution is 2.36. The lowest BCUT2D eigenvalue weighted by molar-refractivity contribution is -0.114. The number of esters is 1. The van der Waals surface area contributed by atoms with Crippen LogP contribution < -0.4 is 19.1 Å². The van der Waals surface area contributed by atoms with Crippen LogP contribution in [-0.4, -0.2) is 47.7 Å². The van der Waals surface area contributed by atoms with Gasteiger partial charge in [-0.05, 0) is 62.7 Å². The summed E-state index contributed by atoms with van der Waals surface area (Å²) in [5, 5.41) is 2.72. The second kappa shape index (κ2) is 11.8. The van der Waals surface area contributed by atoms with E-state index in [0.717, 1.165) is 9.87 Å². The van der Waals surface area contributed by atoms with Crippen molar-refractivity contribution in [3.8, 4) is 11.5 Å². The number of rotatable bonds is 10. The van der Waals surface area contributed by atoms with E-state index in [9.17, 15) is 18.0 Å². The second-order valence-corrected chi connectivity index (χ2v) is 9.97. The lowest BCUT2D eigenvalue weighted by atomic mass is 10.1. The summed E-state index contributed by atoms with van der Waals surface area (Å²) in [5.41, 5.74) is 2.19. The molecule has 3 aromatic rings. The van der Waals surface area contributed by atoms with Crippen LogP contribution in [0.1, 0.15) is 28.4 Å². The number of nitrogens with zero attached hydrogens (tertiary/aromatic N) is 1. The number of anilines is 2. The number of carbonyl (C=O) groups is 2. The maximum atomic E-state index is 13.8. The number of hydrogen-bond acceptors (Lipinski definition) is 7. The van der Waals surface area contributed by atoms with E-state index >= 15 is 0 Å². The number of benzene rings is 3. The smallest absolute Gasteiger partial charge is 0.338 e. The van der Waals surface area contributed by atoms with Crippen LogP contribution in [0.25, 0.3) is 0 Å². The lowest BCUT2D eigenvalue weighted by Gasteiger charge is -2.26. The molecule has 10 heteroatoms. The predicted molar refractivity (Wildman–Crippen MR) is 141 cm³/mol. The van der Waals surface area contributed by atoms with E-state index in [2.05, 4.69) is 5.32 Å². The second-order valence-electron chi connectivity index (χ2n) is 8.11. The maximum absolute atomic E-state index is 13.8. The lowest BCUT2D eigenvalue weighted by Crippen LogP contribution is -2.38. The molecule has 0 fully saturated rings. The molecule has 0 aliphatic heterocycles.